The van der Waals surface area contributed by atoms with Gasteiger partial charge >= 0.3 is 0 Å². The molecular formula is C18H30N2O2. The summed E-state index contributed by atoms with van der Waals surface area (Å²) >= 11 is 0. The van der Waals surface area contributed by atoms with Gasteiger partial charge in [0.25, 0.3) is 0 Å². The molecule has 0 aromatic rings. The maximum Gasteiger partial charge on any atom is 0.223 e. The lowest BCUT2D eigenvalue weighted by atomic mass is 9.79. The first-order chi connectivity index (χ1) is 10.3. The summed E-state index contributed by atoms with van der Waals surface area (Å²) in [7, 11) is 0. The fourth-order valence-corrected chi connectivity index (χ4v) is 4.43. The SMILES string of the molecule is CC(C)NC(=O)[C@@H]1C(CC(C)NC(=O)[C@H]2CC23CCC3)[C@H]1C. The van der Waals surface area contributed by atoms with Crippen LogP contribution in [0.2, 0.25) is 0 Å². The molecule has 0 bridgehead atoms. The molecule has 0 radical (unpaired) electrons. The van der Waals surface area contributed by atoms with Gasteiger partial charge in [0.05, 0.1) is 0 Å². The molecule has 124 valence electrons. The first-order valence-corrected chi connectivity index (χ1v) is 8.95. The molecule has 2 amide bonds. The molecular weight excluding hydrogens is 276 g/mol. The summed E-state index contributed by atoms with van der Waals surface area (Å²) in [6, 6.07) is 0.376. The Morgan fingerprint density at radius 2 is 1.82 bits per heavy atom. The molecule has 3 fully saturated rings. The van der Waals surface area contributed by atoms with Crippen molar-refractivity contribution in [3.05, 3.63) is 0 Å². The molecule has 5 atom stereocenters. The van der Waals surface area contributed by atoms with E-state index in [-0.39, 0.29) is 35.7 Å². The van der Waals surface area contributed by atoms with E-state index >= 15 is 0 Å². The summed E-state index contributed by atoms with van der Waals surface area (Å²) in [4.78, 5) is 24.4. The van der Waals surface area contributed by atoms with Crippen LogP contribution in [0.15, 0.2) is 0 Å². The van der Waals surface area contributed by atoms with Gasteiger partial charge in [-0.1, -0.05) is 13.3 Å². The largest absolute Gasteiger partial charge is 0.354 e. The quantitative estimate of drug-likeness (QED) is 0.792. The van der Waals surface area contributed by atoms with Crippen LogP contribution in [0, 0.1) is 29.1 Å². The van der Waals surface area contributed by atoms with E-state index in [1.807, 2.05) is 13.8 Å². The minimum Gasteiger partial charge on any atom is -0.354 e. The van der Waals surface area contributed by atoms with Gasteiger partial charge in [-0.05, 0) is 63.7 Å². The maximum absolute atomic E-state index is 12.3. The number of rotatable bonds is 6. The van der Waals surface area contributed by atoms with Crippen LogP contribution in [-0.4, -0.2) is 23.9 Å². The van der Waals surface area contributed by atoms with Crippen molar-refractivity contribution in [2.24, 2.45) is 29.1 Å². The van der Waals surface area contributed by atoms with Crippen molar-refractivity contribution < 1.29 is 9.59 Å². The summed E-state index contributed by atoms with van der Waals surface area (Å²) in [5, 5.41) is 6.19. The molecule has 3 aliphatic carbocycles. The van der Waals surface area contributed by atoms with Crippen molar-refractivity contribution in [2.45, 2.75) is 71.9 Å². The average Bonchev–Trinajstić information content (AvgIpc) is 3.22. The molecule has 2 unspecified atom stereocenters. The van der Waals surface area contributed by atoms with Gasteiger partial charge < -0.3 is 10.6 Å². The molecule has 3 rings (SSSR count). The van der Waals surface area contributed by atoms with Crippen LogP contribution in [0.3, 0.4) is 0 Å². The Bertz CT molecular complexity index is 470. The lowest BCUT2D eigenvalue weighted by Crippen LogP contribution is -2.37. The predicted octanol–water partition coefficient (Wildman–Crippen LogP) is 2.48. The van der Waals surface area contributed by atoms with Crippen LogP contribution in [0.25, 0.3) is 0 Å². The number of hydrogen-bond donors (Lipinski definition) is 2. The molecule has 0 heterocycles. The Labute approximate surface area is 133 Å². The smallest absolute Gasteiger partial charge is 0.223 e. The van der Waals surface area contributed by atoms with Crippen LogP contribution in [-0.2, 0) is 9.59 Å². The Morgan fingerprint density at radius 1 is 1.14 bits per heavy atom. The Balaban J connectivity index is 1.42. The van der Waals surface area contributed by atoms with Gasteiger partial charge in [0.15, 0.2) is 0 Å². The molecule has 4 heteroatoms. The highest BCUT2D eigenvalue weighted by Gasteiger charge is 2.61. The Kier molecular flexibility index (Phi) is 3.98. The van der Waals surface area contributed by atoms with E-state index in [0.29, 0.717) is 17.3 Å². The van der Waals surface area contributed by atoms with Gasteiger partial charge in [0, 0.05) is 23.9 Å². The molecule has 3 aliphatic rings. The Morgan fingerprint density at radius 3 is 2.32 bits per heavy atom. The van der Waals surface area contributed by atoms with Crippen LogP contribution >= 0.6 is 0 Å². The number of hydrogen-bond acceptors (Lipinski definition) is 2. The fraction of sp³-hybridized carbons (Fsp3) is 0.889. The lowest BCUT2D eigenvalue weighted by molar-refractivity contribution is -0.124. The van der Waals surface area contributed by atoms with Crippen molar-refractivity contribution >= 4 is 11.8 Å². The zero-order valence-corrected chi connectivity index (χ0v) is 14.3. The van der Waals surface area contributed by atoms with Gasteiger partial charge in [-0.15, -0.1) is 0 Å². The van der Waals surface area contributed by atoms with E-state index in [0.717, 1.165) is 12.8 Å². The third kappa shape index (κ3) is 2.89. The Hall–Kier alpha value is -1.06. The van der Waals surface area contributed by atoms with Crippen molar-refractivity contribution in [3.63, 3.8) is 0 Å². The second kappa shape index (κ2) is 5.54. The second-order valence-electron chi connectivity index (χ2n) is 8.33. The van der Waals surface area contributed by atoms with Gasteiger partial charge in [-0.3, -0.25) is 9.59 Å². The third-order valence-electron chi connectivity index (χ3n) is 6.17. The van der Waals surface area contributed by atoms with E-state index in [9.17, 15) is 9.59 Å². The highest BCUT2D eigenvalue weighted by atomic mass is 16.2. The van der Waals surface area contributed by atoms with Gasteiger partial charge in [0.2, 0.25) is 11.8 Å². The highest BCUT2D eigenvalue weighted by molar-refractivity contribution is 5.83. The van der Waals surface area contributed by atoms with Crippen LogP contribution < -0.4 is 10.6 Å². The molecule has 0 aromatic heterocycles. The zero-order valence-electron chi connectivity index (χ0n) is 14.3. The summed E-state index contributed by atoms with van der Waals surface area (Å²) in [5.74, 6) is 1.72. The monoisotopic (exact) mass is 306 g/mol. The average molecular weight is 306 g/mol. The minimum absolute atomic E-state index is 0.139. The molecule has 1 spiro atoms. The van der Waals surface area contributed by atoms with Crippen molar-refractivity contribution in [1.82, 2.24) is 10.6 Å². The lowest BCUT2D eigenvalue weighted by Gasteiger charge is -2.26. The summed E-state index contributed by atoms with van der Waals surface area (Å²) < 4.78 is 0. The fourth-order valence-electron chi connectivity index (χ4n) is 4.43. The molecule has 0 saturated heterocycles. The summed E-state index contributed by atoms with van der Waals surface area (Å²) in [6.07, 6.45) is 5.81. The molecule has 22 heavy (non-hydrogen) atoms. The zero-order chi connectivity index (χ0) is 16.1. The number of carbonyl (C=O) groups is 2. The molecule has 0 aromatic carbocycles. The molecule has 4 nitrogen and oxygen atoms in total. The first kappa shape index (κ1) is 15.8. The van der Waals surface area contributed by atoms with Crippen molar-refractivity contribution in [3.8, 4) is 0 Å². The van der Waals surface area contributed by atoms with E-state index in [1.54, 1.807) is 0 Å². The number of carbonyl (C=O) groups excluding carboxylic acids is 2. The van der Waals surface area contributed by atoms with E-state index in [2.05, 4.69) is 24.5 Å². The topological polar surface area (TPSA) is 58.2 Å². The first-order valence-electron chi connectivity index (χ1n) is 8.95. The van der Waals surface area contributed by atoms with E-state index < -0.39 is 0 Å². The second-order valence-corrected chi connectivity index (χ2v) is 8.33. The predicted molar refractivity (Wildman–Crippen MR) is 86.0 cm³/mol. The van der Waals surface area contributed by atoms with Crippen molar-refractivity contribution in [2.75, 3.05) is 0 Å². The van der Waals surface area contributed by atoms with E-state index in [4.69, 9.17) is 0 Å². The number of amides is 2. The summed E-state index contributed by atoms with van der Waals surface area (Å²) in [5.41, 5.74) is 0.399. The molecule has 0 aliphatic heterocycles. The van der Waals surface area contributed by atoms with Crippen LogP contribution in [0.1, 0.15) is 59.8 Å². The normalized spacial score (nSPS) is 35.7. The van der Waals surface area contributed by atoms with Crippen molar-refractivity contribution in [1.29, 1.82) is 0 Å². The van der Waals surface area contributed by atoms with Gasteiger partial charge in [-0.25, -0.2) is 0 Å². The highest BCUT2D eigenvalue weighted by Crippen LogP contribution is 2.65. The van der Waals surface area contributed by atoms with Gasteiger partial charge in [0.1, 0.15) is 0 Å². The maximum atomic E-state index is 12.3. The third-order valence-corrected chi connectivity index (χ3v) is 6.17. The molecule has 3 saturated carbocycles. The molecule has 2 N–H and O–H groups in total. The van der Waals surface area contributed by atoms with Crippen LogP contribution in [0.5, 0.6) is 0 Å². The van der Waals surface area contributed by atoms with E-state index in [1.165, 1.54) is 19.3 Å². The van der Waals surface area contributed by atoms with Gasteiger partial charge in [-0.2, -0.15) is 0 Å². The standard InChI is InChI=1S/C18H30N2O2/c1-10(2)19-17(22)15-12(4)13(15)8-11(3)20-16(21)14-9-18(14)6-5-7-18/h10-15H,5-9H2,1-4H3,(H,19,22)(H,20,21)/t11?,12-,13?,14-,15+/m1/s1. The minimum atomic E-state index is 0.139. The number of nitrogens with one attached hydrogen (secondary N) is 2. The summed E-state index contributed by atoms with van der Waals surface area (Å²) in [6.45, 7) is 8.22. The van der Waals surface area contributed by atoms with Crippen LogP contribution in [0.4, 0.5) is 0 Å².